The number of fused-ring (bicyclic) bond motifs is 3. The van der Waals surface area contributed by atoms with Crippen LogP contribution in [0.4, 0.5) is 0 Å². The van der Waals surface area contributed by atoms with E-state index < -0.39 is 0 Å². The van der Waals surface area contributed by atoms with Crippen LogP contribution in [-0.2, 0) is 14.3 Å². The van der Waals surface area contributed by atoms with Gasteiger partial charge >= 0.3 is 5.97 Å². The highest BCUT2D eigenvalue weighted by Crippen LogP contribution is 2.60. The van der Waals surface area contributed by atoms with E-state index in [9.17, 15) is 4.79 Å². The van der Waals surface area contributed by atoms with Crippen molar-refractivity contribution in [2.75, 3.05) is 13.7 Å². The molecule has 2 saturated carbocycles. The molecule has 1 saturated heterocycles. The fraction of sp³-hybridized carbons (Fsp3) is 0.909. The number of methoxy groups -OCH3 is 1. The first-order valence-corrected chi connectivity index (χ1v) is 5.46. The topological polar surface area (TPSA) is 35.5 Å². The van der Waals surface area contributed by atoms with Crippen LogP contribution < -0.4 is 0 Å². The number of esters is 1. The molecule has 3 nitrogen and oxygen atoms in total. The predicted molar refractivity (Wildman–Crippen MR) is 49.6 cm³/mol. The first-order valence-electron chi connectivity index (χ1n) is 5.46. The zero-order valence-electron chi connectivity index (χ0n) is 8.49. The summed E-state index contributed by atoms with van der Waals surface area (Å²) in [4.78, 5) is 11.8. The van der Waals surface area contributed by atoms with Crippen molar-refractivity contribution in [1.82, 2.24) is 0 Å². The Morgan fingerprint density at radius 2 is 2.36 bits per heavy atom. The molecular formula is C11H16O3. The second kappa shape index (κ2) is 2.72. The summed E-state index contributed by atoms with van der Waals surface area (Å²) in [5, 5.41) is 0. The Bertz CT molecular complexity index is 276. The molecule has 14 heavy (non-hydrogen) atoms. The van der Waals surface area contributed by atoms with E-state index in [4.69, 9.17) is 9.47 Å². The first-order chi connectivity index (χ1) is 6.76. The lowest BCUT2D eigenvalue weighted by Gasteiger charge is -2.34. The average Bonchev–Trinajstić information content (AvgIpc) is 2.82. The van der Waals surface area contributed by atoms with Gasteiger partial charge in [0.1, 0.15) is 0 Å². The summed E-state index contributed by atoms with van der Waals surface area (Å²) >= 11 is 0. The van der Waals surface area contributed by atoms with Crippen molar-refractivity contribution in [3.63, 3.8) is 0 Å². The van der Waals surface area contributed by atoms with E-state index in [2.05, 4.69) is 0 Å². The minimum atomic E-state index is -0.149. The van der Waals surface area contributed by atoms with Crippen molar-refractivity contribution in [1.29, 1.82) is 0 Å². The lowest BCUT2D eigenvalue weighted by Crippen LogP contribution is -2.40. The van der Waals surface area contributed by atoms with Gasteiger partial charge in [0.25, 0.3) is 0 Å². The van der Waals surface area contributed by atoms with Gasteiger partial charge in [0.05, 0.1) is 18.1 Å². The Morgan fingerprint density at radius 3 is 2.93 bits per heavy atom. The van der Waals surface area contributed by atoms with E-state index in [1.165, 1.54) is 6.42 Å². The largest absolute Gasteiger partial charge is 0.465 e. The van der Waals surface area contributed by atoms with Crippen LogP contribution in [0.2, 0.25) is 0 Å². The molecule has 4 atom stereocenters. The number of cyclic esters (lactones) is 1. The van der Waals surface area contributed by atoms with Crippen LogP contribution in [0, 0.1) is 17.3 Å². The highest BCUT2D eigenvalue weighted by atomic mass is 16.5. The van der Waals surface area contributed by atoms with Gasteiger partial charge < -0.3 is 9.47 Å². The lowest BCUT2D eigenvalue weighted by atomic mass is 9.71. The molecule has 78 valence electrons. The molecule has 0 radical (unpaired) electrons. The van der Waals surface area contributed by atoms with Gasteiger partial charge in [-0.05, 0) is 31.6 Å². The molecular weight excluding hydrogens is 180 g/mol. The third-order valence-corrected chi connectivity index (χ3v) is 4.45. The molecule has 0 aromatic carbocycles. The summed E-state index contributed by atoms with van der Waals surface area (Å²) < 4.78 is 10.6. The maximum atomic E-state index is 11.8. The summed E-state index contributed by atoms with van der Waals surface area (Å²) in [6.45, 7) is 0.623. The van der Waals surface area contributed by atoms with E-state index in [0.717, 1.165) is 19.3 Å². The van der Waals surface area contributed by atoms with E-state index in [-0.39, 0.29) is 11.4 Å². The van der Waals surface area contributed by atoms with Gasteiger partial charge in [-0.25, -0.2) is 0 Å². The van der Waals surface area contributed by atoms with E-state index in [0.29, 0.717) is 24.5 Å². The fourth-order valence-corrected chi connectivity index (χ4v) is 3.87. The van der Waals surface area contributed by atoms with Crippen LogP contribution in [0.15, 0.2) is 0 Å². The van der Waals surface area contributed by atoms with Crippen molar-refractivity contribution in [2.24, 2.45) is 17.3 Å². The van der Waals surface area contributed by atoms with Crippen LogP contribution in [0.25, 0.3) is 0 Å². The van der Waals surface area contributed by atoms with E-state index >= 15 is 0 Å². The van der Waals surface area contributed by atoms with Gasteiger partial charge in [-0.1, -0.05) is 0 Å². The molecule has 2 aliphatic carbocycles. The minimum Gasteiger partial charge on any atom is -0.465 e. The first kappa shape index (κ1) is 8.72. The van der Waals surface area contributed by atoms with Gasteiger partial charge in [-0.15, -0.1) is 0 Å². The molecule has 0 aromatic heterocycles. The van der Waals surface area contributed by atoms with Gasteiger partial charge in [-0.2, -0.15) is 0 Å². The molecule has 0 amide bonds. The smallest absolute Gasteiger partial charge is 0.312 e. The average molecular weight is 196 g/mol. The molecule has 4 unspecified atom stereocenters. The molecule has 0 N–H and O–H groups in total. The Kier molecular flexibility index (Phi) is 1.69. The molecule has 2 bridgehead atoms. The molecule has 1 heterocycles. The van der Waals surface area contributed by atoms with Crippen molar-refractivity contribution in [3.05, 3.63) is 0 Å². The van der Waals surface area contributed by atoms with Crippen molar-refractivity contribution < 1.29 is 14.3 Å². The van der Waals surface area contributed by atoms with Gasteiger partial charge in [0, 0.05) is 13.0 Å². The van der Waals surface area contributed by atoms with Crippen LogP contribution in [0.5, 0.6) is 0 Å². The third kappa shape index (κ3) is 0.888. The van der Waals surface area contributed by atoms with Crippen molar-refractivity contribution in [3.8, 4) is 0 Å². The minimum absolute atomic E-state index is 0.0479. The standard InChI is InChI=1S/C11H16O3/c1-13-9-5-7-4-8(9)11(6-7)2-3-14-10(11)12/h7-9H,2-6H2,1H3. The van der Waals surface area contributed by atoms with Gasteiger partial charge in [0.2, 0.25) is 0 Å². The van der Waals surface area contributed by atoms with Crippen LogP contribution >= 0.6 is 0 Å². The zero-order chi connectivity index (χ0) is 9.76. The fourth-order valence-electron chi connectivity index (χ4n) is 3.87. The summed E-state index contributed by atoms with van der Waals surface area (Å²) in [6, 6.07) is 0. The Balaban J connectivity index is 1.92. The summed E-state index contributed by atoms with van der Waals surface area (Å²) in [5.41, 5.74) is -0.149. The highest BCUT2D eigenvalue weighted by molar-refractivity contribution is 5.79. The van der Waals surface area contributed by atoms with Gasteiger partial charge in [-0.3, -0.25) is 4.79 Å². The quantitative estimate of drug-likeness (QED) is 0.594. The maximum absolute atomic E-state index is 11.8. The summed E-state index contributed by atoms with van der Waals surface area (Å²) in [6.07, 6.45) is 4.60. The highest BCUT2D eigenvalue weighted by Gasteiger charge is 2.62. The Hall–Kier alpha value is -0.570. The second-order valence-corrected chi connectivity index (χ2v) is 4.96. The lowest BCUT2D eigenvalue weighted by molar-refractivity contribution is -0.151. The van der Waals surface area contributed by atoms with E-state index in [1.54, 1.807) is 7.11 Å². The number of rotatable bonds is 1. The number of carbonyl (C=O) groups is 1. The van der Waals surface area contributed by atoms with Crippen LogP contribution in [0.3, 0.4) is 0 Å². The van der Waals surface area contributed by atoms with Crippen LogP contribution in [0.1, 0.15) is 25.7 Å². The van der Waals surface area contributed by atoms with Crippen molar-refractivity contribution in [2.45, 2.75) is 31.8 Å². The normalized spacial score (nSPS) is 50.4. The molecule has 3 aliphatic rings. The van der Waals surface area contributed by atoms with E-state index in [1.807, 2.05) is 0 Å². The monoisotopic (exact) mass is 196 g/mol. The summed E-state index contributed by atoms with van der Waals surface area (Å²) in [5.74, 6) is 1.19. The van der Waals surface area contributed by atoms with Crippen molar-refractivity contribution >= 4 is 5.97 Å². The maximum Gasteiger partial charge on any atom is 0.312 e. The Labute approximate surface area is 83.8 Å². The third-order valence-electron chi connectivity index (χ3n) is 4.45. The Morgan fingerprint density at radius 1 is 1.50 bits per heavy atom. The molecule has 0 aromatic rings. The zero-order valence-corrected chi connectivity index (χ0v) is 8.49. The summed E-state index contributed by atoms with van der Waals surface area (Å²) in [7, 11) is 1.76. The molecule has 3 fully saturated rings. The molecule has 1 spiro atoms. The second-order valence-electron chi connectivity index (χ2n) is 4.96. The number of hydrogen-bond acceptors (Lipinski definition) is 3. The number of hydrogen-bond donors (Lipinski definition) is 0. The SMILES string of the molecule is COC1CC2CC1C1(CCOC1=O)C2. The number of ether oxygens (including phenoxy) is 2. The van der Waals surface area contributed by atoms with Crippen LogP contribution in [-0.4, -0.2) is 25.8 Å². The molecule has 3 rings (SSSR count). The molecule has 1 aliphatic heterocycles. The van der Waals surface area contributed by atoms with Gasteiger partial charge in [0.15, 0.2) is 0 Å². The predicted octanol–water partition coefficient (Wildman–Crippen LogP) is 1.36. The number of carbonyl (C=O) groups excluding carboxylic acids is 1. The molecule has 3 heteroatoms.